The van der Waals surface area contributed by atoms with Crippen LogP contribution in [0.2, 0.25) is 0 Å². The van der Waals surface area contributed by atoms with Crippen molar-refractivity contribution in [3.8, 4) is 0 Å². The van der Waals surface area contributed by atoms with Gasteiger partial charge in [-0.3, -0.25) is 0 Å². The standard InChI is InChI=1S/C12H26N2O3S/c1-10(2)12(9-15)13-18(16,17)14(3)11-7-5-4-6-8-11/h10-13,15H,4-9H2,1-3H3. The molecule has 0 amide bonds. The molecule has 108 valence electrons. The summed E-state index contributed by atoms with van der Waals surface area (Å²) in [6.45, 7) is 3.61. The molecule has 1 rings (SSSR count). The minimum atomic E-state index is -3.49. The first-order valence-corrected chi connectivity index (χ1v) is 8.18. The molecule has 1 atom stereocenters. The second-order valence-corrected chi connectivity index (χ2v) is 7.23. The SMILES string of the molecule is CC(C)C(CO)NS(=O)(=O)N(C)C1CCCCC1. The Balaban J connectivity index is 2.66. The van der Waals surface area contributed by atoms with E-state index in [-0.39, 0.29) is 18.6 Å². The van der Waals surface area contributed by atoms with E-state index < -0.39 is 16.3 Å². The maximum Gasteiger partial charge on any atom is 0.279 e. The van der Waals surface area contributed by atoms with Gasteiger partial charge in [0, 0.05) is 19.1 Å². The predicted molar refractivity (Wildman–Crippen MR) is 72.4 cm³/mol. The summed E-state index contributed by atoms with van der Waals surface area (Å²) >= 11 is 0. The van der Waals surface area contributed by atoms with Gasteiger partial charge in [0.15, 0.2) is 0 Å². The second kappa shape index (κ2) is 6.84. The summed E-state index contributed by atoms with van der Waals surface area (Å²) in [4.78, 5) is 0. The topological polar surface area (TPSA) is 69.6 Å². The van der Waals surface area contributed by atoms with E-state index in [0.717, 1.165) is 25.7 Å². The summed E-state index contributed by atoms with van der Waals surface area (Å²) in [7, 11) is -1.86. The van der Waals surface area contributed by atoms with Crippen LogP contribution < -0.4 is 4.72 Å². The van der Waals surface area contributed by atoms with Crippen molar-refractivity contribution in [1.82, 2.24) is 9.03 Å². The molecular formula is C12H26N2O3S. The monoisotopic (exact) mass is 278 g/mol. The minimum absolute atomic E-state index is 0.0736. The van der Waals surface area contributed by atoms with Crippen LogP contribution in [0.1, 0.15) is 46.0 Å². The van der Waals surface area contributed by atoms with E-state index in [9.17, 15) is 13.5 Å². The Morgan fingerprint density at radius 2 is 1.83 bits per heavy atom. The highest BCUT2D eigenvalue weighted by Crippen LogP contribution is 2.23. The molecule has 6 heteroatoms. The Morgan fingerprint density at radius 3 is 2.28 bits per heavy atom. The van der Waals surface area contributed by atoms with E-state index in [1.54, 1.807) is 7.05 Å². The molecule has 0 saturated heterocycles. The van der Waals surface area contributed by atoms with Crippen LogP contribution in [0.5, 0.6) is 0 Å². The summed E-state index contributed by atoms with van der Waals surface area (Å²) in [5.41, 5.74) is 0. The zero-order valence-corrected chi connectivity index (χ0v) is 12.4. The lowest BCUT2D eigenvalue weighted by atomic mass is 9.96. The fourth-order valence-corrected chi connectivity index (χ4v) is 3.80. The highest BCUT2D eigenvalue weighted by molar-refractivity contribution is 7.87. The Hall–Kier alpha value is -0.170. The van der Waals surface area contributed by atoms with Gasteiger partial charge in [-0.2, -0.15) is 17.4 Å². The number of hydrogen-bond donors (Lipinski definition) is 2. The molecule has 1 fully saturated rings. The van der Waals surface area contributed by atoms with Gasteiger partial charge >= 0.3 is 0 Å². The van der Waals surface area contributed by atoms with Crippen molar-refractivity contribution in [3.63, 3.8) is 0 Å². The first kappa shape index (κ1) is 15.9. The molecule has 1 unspecified atom stereocenters. The van der Waals surface area contributed by atoms with Gasteiger partial charge in [0.25, 0.3) is 10.2 Å². The molecule has 5 nitrogen and oxygen atoms in total. The molecule has 0 aromatic heterocycles. The lowest BCUT2D eigenvalue weighted by molar-refractivity contribution is 0.221. The van der Waals surface area contributed by atoms with E-state index in [1.165, 1.54) is 10.7 Å². The van der Waals surface area contributed by atoms with Crippen molar-refractivity contribution in [2.24, 2.45) is 5.92 Å². The van der Waals surface area contributed by atoms with E-state index in [2.05, 4.69) is 4.72 Å². The zero-order chi connectivity index (χ0) is 13.8. The van der Waals surface area contributed by atoms with Gasteiger partial charge in [0.2, 0.25) is 0 Å². The molecule has 18 heavy (non-hydrogen) atoms. The zero-order valence-electron chi connectivity index (χ0n) is 11.6. The maximum atomic E-state index is 12.2. The third kappa shape index (κ3) is 4.19. The molecular weight excluding hydrogens is 252 g/mol. The van der Waals surface area contributed by atoms with E-state index in [0.29, 0.717) is 0 Å². The van der Waals surface area contributed by atoms with Crippen LogP contribution >= 0.6 is 0 Å². The van der Waals surface area contributed by atoms with Gasteiger partial charge in [-0.15, -0.1) is 0 Å². The molecule has 0 bridgehead atoms. The van der Waals surface area contributed by atoms with E-state index in [1.807, 2.05) is 13.8 Å². The largest absolute Gasteiger partial charge is 0.395 e. The van der Waals surface area contributed by atoms with Crippen LogP contribution in [0.4, 0.5) is 0 Å². The van der Waals surface area contributed by atoms with Gasteiger partial charge < -0.3 is 5.11 Å². The maximum absolute atomic E-state index is 12.2. The number of rotatable bonds is 6. The quantitative estimate of drug-likeness (QED) is 0.764. The Kier molecular flexibility index (Phi) is 6.04. The van der Waals surface area contributed by atoms with E-state index in [4.69, 9.17) is 0 Å². The van der Waals surface area contributed by atoms with Gasteiger partial charge in [0.05, 0.1) is 6.61 Å². The van der Waals surface area contributed by atoms with Crippen molar-refractivity contribution in [2.75, 3.05) is 13.7 Å². The average Bonchev–Trinajstić information content (AvgIpc) is 2.35. The van der Waals surface area contributed by atoms with Crippen molar-refractivity contribution in [2.45, 2.75) is 58.0 Å². The van der Waals surface area contributed by atoms with Crippen LogP contribution in [0, 0.1) is 5.92 Å². The highest BCUT2D eigenvalue weighted by Gasteiger charge is 2.29. The summed E-state index contributed by atoms with van der Waals surface area (Å²) < 4.78 is 28.4. The van der Waals surface area contributed by atoms with Crippen LogP contribution in [-0.4, -0.2) is 43.6 Å². The van der Waals surface area contributed by atoms with Crippen LogP contribution in [0.25, 0.3) is 0 Å². The third-order valence-electron chi connectivity index (χ3n) is 3.77. The lowest BCUT2D eigenvalue weighted by Gasteiger charge is -2.32. The summed E-state index contributed by atoms with van der Waals surface area (Å²) in [5, 5.41) is 9.21. The number of nitrogens with one attached hydrogen (secondary N) is 1. The fourth-order valence-electron chi connectivity index (χ4n) is 2.30. The van der Waals surface area contributed by atoms with Crippen molar-refractivity contribution >= 4 is 10.2 Å². The second-order valence-electron chi connectivity index (χ2n) is 5.46. The Bertz CT molecular complexity index is 337. The normalized spacial score (nSPS) is 20.6. The van der Waals surface area contributed by atoms with Crippen molar-refractivity contribution in [1.29, 1.82) is 0 Å². The van der Waals surface area contributed by atoms with Crippen molar-refractivity contribution < 1.29 is 13.5 Å². The first-order chi connectivity index (χ1) is 8.38. The molecule has 0 aromatic rings. The van der Waals surface area contributed by atoms with Gasteiger partial charge in [-0.1, -0.05) is 33.1 Å². The molecule has 2 N–H and O–H groups in total. The van der Waals surface area contributed by atoms with Gasteiger partial charge in [-0.05, 0) is 18.8 Å². The number of nitrogens with zero attached hydrogens (tertiary/aromatic N) is 1. The third-order valence-corrected chi connectivity index (χ3v) is 5.43. The van der Waals surface area contributed by atoms with Gasteiger partial charge in [-0.25, -0.2) is 0 Å². The molecule has 0 radical (unpaired) electrons. The molecule has 1 aliphatic rings. The fraction of sp³-hybridized carbons (Fsp3) is 1.00. The lowest BCUT2D eigenvalue weighted by Crippen LogP contribution is -2.50. The predicted octanol–water partition coefficient (Wildman–Crippen LogP) is 1.10. The molecule has 0 heterocycles. The smallest absolute Gasteiger partial charge is 0.279 e. The molecule has 1 saturated carbocycles. The summed E-state index contributed by atoms with van der Waals surface area (Å²) in [6, 6.07) is -0.316. The molecule has 0 aliphatic heterocycles. The molecule has 0 spiro atoms. The van der Waals surface area contributed by atoms with Crippen molar-refractivity contribution in [3.05, 3.63) is 0 Å². The average molecular weight is 278 g/mol. The number of hydrogen-bond acceptors (Lipinski definition) is 3. The highest BCUT2D eigenvalue weighted by atomic mass is 32.2. The summed E-state index contributed by atoms with van der Waals surface area (Å²) in [5.74, 6) is 0.0736. The van der Waals surface area contributed by atoms with Crippen LogP contribution in [0.3, 0.4) is 0 Å². The first-order valence-electron chi connectivity index (χ1n) is 6.74. The number of aliphatic hydroxyl groups excluding tert-OH is 1. The molecule has 0 aromatic carbocycles. The molecule has 1 aliphatic carbocycles. The van der Waals surface area contributed by atoms with Crippen LogP contribution in [0.15, 0.2) is 0 Å². The Morgan fingerprint density at radius 1 is 1.28 bits per heavy atom. The van der Waals surface area contributed by atoms with Crippen LogP contribution in [-0.2, 0) is 10.2 Å². The number of aliphatic hydroxyl groups is 1. The van der Waals surface area contributed by atoms with E-state index >= 15 is 0 Å². The Labute approximate surface area is 111 Å². The minimum Gasteiger partial charge on any atom is -0.395 e. The van der Waals surface area contributed by atoms with Gasteiger partial charge in [0.1, 0.15) is 0 Å². The summed E-state index contributed by atoms with van der Waals surface area (Å²) in [6.07, 6.45) is 5.26.